The van der Waals surface area contributed by atoms with Gasteiger partial charge in [-0.05, 0) is 37.5 Å². The van der Waals surface area contributed by atoms with Crippen molar-refractivity contribution in [2.24, 2.45) is 11.7 Å². The van der Waals surface area contributed by atoms with Crippen molar-refractivity contribution in [3.8, 4) is 0 Å². The number of hydrogen-bond donors (Lipinski definition) is 2. The van der Waals surface area contributed by atoms with Crippen molar-refractivity contribution in [3.63, 3.8) is 0 Å². The Morgan fingerprint density at radius 1 is 1.29 bits per heavy atom. The van der Waals surface area contributed by atoms with Crippen LogP contribution in [0.5, 0.6) is 0 Å². The molecule has 1 aromatic rings. The summed E-state index contributed by atoms with van der Waals surface area (Å²) in [6, 6.07) is 7.14. The van der Waals surface area contributed by atoms with Crippen molar-refractivity contribution in [1.82, 2.24) is 4.90 Å². The summed E-state index contributed by atoms with van der Waals surface area (Å²) in [4.78, 5) is 25.5. The van der Waals surface area contributed by atoms with Crippen LogP contribution in [0.3, 0.4) is 0 Å². The Morgan fingerprint density at radius 2 is 2.00 bits per heavy atom. The Kier molecular flexibility index (Phi) is 6.18. The number of nitrogens with two attached hydrogens (primary N) is 1. The second-order valence-electron chi connectivity index (χ2n) is 5.54. The number of nitrogens with one attached hydrogen (secondary N) is 1. The second-order valence-corrected chi connectivity index (χ2v) is 5.54. The largest absolute Gasteiger partial charge is 0.345 e. The van der Waals surface area contributed by atoms with Crippen LogP contribution < -0.4 is 11.1 Å². The number of amides is 2. The van der Waals surface area contributed by atoms with Crippen molar-refractivity contribution in [2.45, 2.75) is 25.3 Å². The minimum Gasteiger partial charge on any atom is -0.345 e. The maximum absolute atomic E-state index is 12.1. The molecule has 6 heteroatoms. The first-order valence-electron chi connectivity index (χ1n) is 6.85. The van der Waals surface area contributed by atoms with Gasteiger partial charge in [-0.2, -0.15) is 0 Å². The molecule has 5 nitrogen and oxygen atoms in total. The molecule has 1 aliphatic carbocycles. The summed E-state index contributed by atoms with van der Waals surface area (Å²) in [7, 11) is 3.40. The fraction of sp³-hybridized carbons (Fsp3) is 0.467. The minimum absolute atomic E-state index is 0. The fourth-order valence-corrected chi connectivity index (χ4v) is 2.49. The monoisotopic (exact) mass is 311 g/mol. The molecule has 2 amide bonds. The van der Waals surface area contributed by atoms with Crippen molar-refractivity contribution in [1.29, 1.82) is 0 Å². The molecule has 2 rings (SSSR count). The van der Waals surface area contributed by atoms with Gasteiger partial charge in [-0.1, -0.05) is 6.07 Å². The molecule has 1 aromatic carbocycles. The molecule has 0 aliphatic heterocycles. The molecule has 2 atom stereocenters. The first-order chi connectivity index (χ1) is 9.47. The van der Waals surface area contributed by atoms with Crippen LogP contribution in [-0.4, -0.2) is 36.9 Å². The second kappa shape index (κ2) is 7.43. The van der Waals surface area contributed by atoms with E-state index < -0.39 is 0 Å². The van der Waals surface area contributed by atoms with Crippen molar-refractivity contribution >= 4 is 29.9 Å². The van der Waals surface area contributed by atoms with Crippen molar-refractivity contribution in [2.75, 3.05) is 19.4 Å². The zero-order valence-corrected chi connectivity index (χ0v) is 13.2. The number of carbonyl (C=O) groups excluding carboxylic acids is 2. The van der Waals surface area contributed by atoms with Gasteiger partial charge in [-0.25, -0.2) is 0 Å². The van der Waals surface area contributed by atoms with Crippen LogP contribution in [0.2, 0.25) is 0 Å². The maximum atomic E-state index is 12.1. The van der Waals surface area contributed by atoms with Gasteiger partial charge in [0.15, 0.2) is 0 Å². The van der Waals surface area contributed by atoms with Gasteiger partial charge >= 0.3 is 0 Å². The third-order valence-electron chi connectivity index (χ3n) is 3.63. The van der Waals surface area contributed by atoms with E-state index in [-0.39, 0.29) is 36.2 Å². The Morgan fingerprint density at radius 3 is 2.57 bits per heavy atom. The standard InChI is InChI=1S/C15H21N3O2.ClH/c1-18(2)15(20)11-4-3-5-13(9-11)17-14(19)10-6-7-12(16)8-10;/h3-5,9-10,12H,6-8,16H2,1-2H3,(H,17,19);1H. The molecule has 116 valence electrons. The summed E-state index contributed by atoms with van der Waals surface area (Å²) in [6.45, 7) is 0. The number of rotatable bonds is 3. The summed E-state index contributed by atoms with van der Waals surface area (Å²) >= 11 is 0. The van der Waals surface area contributed by atoms with Gasteiger partial charge in [-0.15, -0.1) is 12.4 Å². The van der Waals surface area contributed by atoms with Crippen LogP contribution in [0.4, 0.5) is 5.69 Å². The van der Waals surface area contributed by atoms with Crippen molar-refractivity contribution < 1.29 is 9.59 Å². The van der Waals surface area contributed by atoms with E-state index in [1.54, 1.807) is 38.4 Å². The molecule has 21 heavy (non-hydrogen) atoms. The number of hydrogen-bond acceptors (Lipinski definition) is 3. The van der Waals surface area contributed by atoms with E-state index in [0.29, 0.717) is 11.3 Å². The van der Waals surface area contributed by atoms with Gasteiger partial charge in [-0.3, -0.25) is 9.59 Å². The van der Waals surface area contributed by atoms with Crippen molar-refractivity contribution in [3.05, 3.63) is 29.8 Å². The molecule has 0 heterocycles. The first-order valence-corrected chi connectivity index (χ1v) is 6.85. The van der Waals surface area contributed by atoms with Crippen LogP contribution in [0, 0.1) is 5.92 Å². The van der Waals surface area contributed by atoms with E-state index in [1.807, 2.05) is 0 Å². The highest BCUT2D eigenvalue weighted by atomic mass is 35.5. The lowest BCUT2D eigenvalue weighted by molar-refractivity contribution is -0.119. The van der Waals surface area contributed by atoms with E-state index in [4.69, 9.17) is 5.73 Å². The lowest BCUT2D eigenvalue weighted by atomic mass is 10.1. The number of anilines is 1. The average molecular weight is 312 g/mol. The number of nitrogens with zero attached hydrogens (tertiary/aromatic N) is 1. The molecule has 1 fully saturated rings. The summed E-state index contributed by atoms with van der Waals surface area (Å²) in [5, 5.41) is 2.87. The Balaban J connectivity index is 0.00000220. The van der Waals surface area contributed by atoms with Crippen LogP contribution in [0.25, 0.3) is 0 Å². The smallest absolute Gasteiger partial charge is 0.253 e. The van der Waals surface area contributed by atoms with Crippen LogP contribution in [0.15, 0.2) is 24.3 Å². The predicted molar refractivity (Wildman–Crippen MR) is 85.7 cm³/mol. The molecule has 1 aliphatic rings. The molecule has 1 saturated carbocycles. The quantitative estimate of drug-likeness (QED) is 0.895. The van der Waals surface area contributed by atoms with Gasteiger partial charge < -0.3 is 16.0 Å². The number of halogens is 1. The molecule has 0 saturated heterocycles. The Labute approximate surface area is 131 Å². The van der Waals surface area contributed by atoms with Crippen LogP contribution in [-0.2, 0) is 4.79 Å². The molecule has 0 spiro atoms. The summed E-state index contributed by atoms with van der Waals surface area (Å²) in [5.74, 6) is -0.102. The third-order valence-corrected chi connectivity index (χ3v) is 3.63. The highest BCUT2D eigenvalue weighted by Crippen LogP contribution is 2.25. The summed E-state index contributed by atoms with van der Waals surface area (Å²) < 4.78 is 0. The van der Waals surface area contributed by atoms with E-state index in [9.17, 15) is 9.59 Å². The lowest BCUT2D eigenvalue weighted by Crippen LogP contribution is -2.24. The van der Waals surface area contributed by atoms with Gasteiger partial charge in [0, 0.05) is 37.3 Å². The average Bonchev–Trinajstić information content (AvgIpc) is 2.85. The van der Waals surface area contributed by atoms with Gasteiger partial charge in [0.1, 0.15) is 0 Å². The SMILES string of the molecule is CN(C)C(=O)c1cccc(NC(=O)C2CCC(N)C2)c1.Cl. The molecule has 0 aromatic heterocycles. The van der Waals surface area contributed by atoms with E-state index in [2.05, 4.69) is 5.32 Å². The normalized spacial score (nSPS) is 20.5. The highest BCUT2D eigenvalue weighted by molar-refractivity contribution is 5.97. The van der Waals surface area contributed by atoms with E-state index >= 15 is 0 Å². The first kappa shape index (κ1) is 17.5. The van der Waals surface area contributed by atoms with Crippen LogP contribution >= 0.6 is 12.4 Å². The van der Waals surface area contributed by atoms with Gasteiger partial charge in [0.05, 0.1) is 0 Å². The summed E-state index contributed by atoms with van der Waals surface area (Å²) in [6.07, 6.45) is 2.47. The minimum atomic E-state index is -0.0796. The zero-order chi connectivity index (χ0) is 14.7. The van der Waals surface area contributed by atoms with Gasteiger partial charge in [0.2, 0.25) is 5.91 Å². The number of carbonyl (C=O) groups is 2. The lowest BCUT2D eigenvalue weighted by Gasteiger charge is -2.13. The van der Waals surface area contributed by atoms with E-state index in [1.165, 1.54) is 4.90 Å². The number of benzene rings is 1. The molecule has 0 bridgehead atoms. The summed E-state index contributed by atoms with van der Waals surface area (Å²) in [5.41, 5.74) is 7.04. The van der Waals surface area contributed by atoms with Gasteiger partial charge in [0.25, 0.3) is 5.91 Å². The maximum Gasteiger partial charge on any atom is 0.253 e. The predicted octanol–water partition coefficient (Wildman–Crippen LogP) is 1.88. The third kappa shape index (κ3) is 4.44. The molecular weight excluding hydrogens is 290 g/mol. The fourth-order valence-electron chi connectivity index (χ4n) is 2.49. The molecular formula is C15H22ClN3O2. The molecule has 3 N–H and O–H groups in total. The Hall–Kier alpha value is -1.59. The van der Waals surface area contributed by atoms with E-state index in [0.717, 1.165) is 19.3 Å². The highest BCUT2D eigenvalue weighted by Gasteiger charge is 2.27. The topological polar surface area (TPSA) is 75.4 Å². The Bertz CT molecular complexity index is 519. The molecule has 2 unspecified atom stereocenters. The molecule has 0 radical (unpaired) electrons. The zero-order valence-electron chi connectivity index (χ0n) is 12.3. The van der Waals surface area contributed by atoms with Crippen LogP contribution in [0.1, 0.15) is 29.6 Å².